The zero-order valence-corrected chi connectivity index (χ0v) is 16.9. The van der Waals surface area contributed by atoms with Crippen LogP contribution >= 0.6 is 11.6 Å². The first kappa shape index (κ1) is 21.9. The first-order valence-electron chi connectivity index (χ1n) is 9.36. The zero-order valence-electron chi connectivity index (χ0n) is 16.2. The highest BCUT2D eigenvalue weighted by Crippen LogP contribution is 2.40. The van der Waals surface area contributed by atoms with Crippen molar-refractivity contribution in [1.82, 2.24) is 5.32 Å². The fourth-order valence-electron chi connectivity index (χ4n) is 3.10. The van der Waals surface area contributed by atoms with Gasteiger partial charge in [0.1, 0.15) is 0 Å². The van der Waals surface area contributed by atoms with Crippen LogP contribution in [0, 0.1) is 0 Å². The highest BCUT2D eigenvalue weighted by molar-refractivity contribution is 6.30. The largest absolute Gasteiger partial charge is 0.475 e. The van der Waals surface area contributed by atoms with E-state index in [0.717, 1.165) is 17.5 Å². The minimum absolute atomic E-state index is 0.0689. The van der Waals surface area contributed by atoms with Crippen LogP contribution in [0.5, 0.6) is 11.5 Å². The van der Waals surface area contributed by atoms with Crippen LogP contribution in [0.2, 0.25) is 5.02 Å². The Morgan fingerprint density at radius 1 is 1.10 bits per heavy atom. The van der Waals surface area contributed by atoms with Gasteiger partial charge in [0.05, 0.1) is 6.10 Å². The van der Waals surface area contributed by atoms with Crippen LogP contribution in [-0.4, -0.2) is 45.6 Å². The summed E-state index contributed by atoms with van der Waals surface area (Å²) in [6.07, 6.45) is 0.674. The molecule has 8 nitrogen and oxygen atoms in total. The number of nitrogens with one attached hydrogen (secondary N) is 1. The van der Waals surface area contributed by atoms with E-state index in [4.69, 9.17) is 21.1 Å². The maximum atomic E-state index is 11.3. The third-order valence-corrected chi connectivity index (χ3v) is 5.07. The minimum Gasteiger partial charge on any atom is -0.475 e. The minimum atomic E-state index is -2.76. The maximum absolute atomic E-state index is 11.3. The SMILES string of the molecule is C[C@H](CCc1ccc2c(c1)OC(C(=O)O)(C(=O)O)O2)NC[C@H](O)c1cccc(Cl)c1. The number of carbonyl (C=O) groups is 2. The van der Waals surface area contributed by atoms with Gasteiger partial charge in [-0.3, -0.25) is 0 Å². The molecule has 0 unspecified atom stereocenters. The Labute approximate surface area is 178 Å². The van der Waals surface area contributed by atoms with E-state index in [1.165, 1.54) is 6.07 Å². The van der Waals surface area contributed by atoms with Crippen molar-refractivity contribution in [2.75, 3.05) is 6.54 Å². The van der Waals surface area contributed by atoms with Gasteiger partial charge in [-0.15, -0.1) is 0 Å². The van der Waals surface area contributed by atoms with E-state index < -0.39 is 23.8 Å². The molecular weight excluding hydrogens is 414 g/mol. The molecule has 0 saturated carbocycles. The lowest BCUT2D eigenvalue weighted by atomic mass is 10.0. The topological polar surface area (TPSA) is 125 Å². The van der Waals surface area contributed by atoms with Gasteiger partial charge in [-0.05, 0) is 55.2 Å². The second-order valence-electron chi connectivity index (χ2n) is 7.13. The van der Waals surface area contributed by atoms with E-state index in [-0.39, 0.29) is 17.5 Å². The summed E-state index contributed by atoms with van der Waals surface area (Å²) in [5.74, 6) is -6.08. The van der Waals surface area contributed by atoms with Gasteiger partial charge in [-0.1, -0.05) is 29.8 Å². The fraction of sp³-hybridized carbons (Fsp3) is 0.333. The Morgan fingerprint density at radius 3 is 2.47 bits per heavy atom. The number of aliphatic hydroxyl groups excluding tert-OH is 1. The number of ether oxygens (including phenoxy) is 2. The highest BCUT2D eigenvalue weighted by atomic mass is 35.5. The van der Waals surface area contributed by atoms with Crippen molar-refractivity contribution >= 4 is 23.5 Å². The molecule has 0 fully saturated rings. The summed E-state index contributed by atoms with van der Waals surface area (Å²) >= 11 is 5.95. The van der Waals surface area contributed by atoms with Crippen LogP contribution in [0.15, 0.2) is 42.5 Å². The molecule has 30 heavy (non-hydrogen) atoms. The van der Waals surface area contributed by atoms with Crippen molar-refractivity contribution in [3.63, 3.8) is 0 Å². The van der Waals surface area contributed by atoms with Crippen LogP contribution in [-0.2, 0) is 16.0 Å². The Hall–Kier alpha value is -2.81. The van der Waals surface area contributed by atoms with Gasteiger partial charge in [-0.2, -0.15) is 0 Å². The second kappa shape index (κ2) is 8.91. The van der Waals surface area contributed by atoms with E-state index in [2.05, 4.69) is 5.32 Å². The monoisotopic (exact) mass is 435 g/mol. The third-order valence-electron chi connectivity index (χ3n) is 4.84. The molecule has 160 valence electrons. The summed E-state index contributed by atoms with van der Waals surface area (Å²) in [5, 5.41) is 32.5. The summed E-state index contributed by atoms with van der Waals surface area (Å²) < 4.78 is 10.2. The molecule has 0 aromatic heterocycles. The number of rotatable bonds is 9. The van der Waals surface area contributed by atoms with Crippen molar-refractivity contribution in [3.05, 3.63) is 58.6 Å². The predicted molar refractivity (Wildman–Crippen MR) is 108 cm³/mol. The van der Waals surface area contributed by atoms with Crippen LogP contribution in [0.1, 0.15) is 30.6 Å². The molecule has 0 amide bonds. The van der Waals surface area contributed by atoms with Gasteiger partial charge in [0.2, 0.25) is 0 Å². The molecular formula is C21H22ClNO7. The summed E-state index contributed by atoms with van der Waals surface area (Å²) in [6, 6.07) is 12.0. The number of aliphatic hydroxyl groups is 1. The molecule has 3 rings (SSSR count). The van der Waals surface area contributed by atoms with Crippen molar-refractivity contribution in [1.29, 1.82) is 0 Å². The summed E-state index contributed by atoms with van der Waals surface area (Å²) in [7, 11) is 0. The maximum Gasteiger partial charge on any atom is 0.453 e. The van der Waals surface area contributed by atoms with Crippen LogP contribution in [0.25, 0.3) is 0 Å². The lowest BCUT2D eigenvalue weighted by Gasteiger charge is -2.18. The number of benzene rings is 2. The molecule has 1 heterocycles. The summed E-state index contributed by atoms with van der Waals surface area (Å²) in [5.41, 5.74) is 1.58. The third kappa shape index (κ3) is 4.67. The number of aliphatic carboxylic acids is 2. The van der Waals surface area contributed by atoms with E-state index in [9.17, 15) is 24.9 Å². The number of carboxylic acid groups (broad SMARTS) is 2. The summed E-state index contributed by atoms with van der Waals surface area (Å²) in [4.78, 5) is 22.6. The number of hydrogen-bond acceptors (Lipinski definition) is 6. The average molecular weight is 436 g/mol. The molecule has 2 aromatic carbocycles. The lowest BCUT2D eigenvalue weighted by Crippen LogP contribution is -2.54. The van der Waals surface area contributed by atoms with Crippen LogP contribution in [0.4, 0.5) is 0 Å². The highest BCUT2D eigenvalue weighted by Gasteiger charge is 2.57. The normalized spacial score (nSPS) is 16.1. The molecule has 0 bridgehead atoms. The summed E-state index contributed by atoms with van der Waals surface area (Å²) in [6.45, 7) is 2.35. The number of carboxylic acids is 2. The van der Waals surface area contributed by atoms with Crippen LogP contribution < -0.4 is 14.8 Å². The Balaban J connectivity index is 1.54. The van der Waals surface area contributed by atoms with Crippen molar-refractivity contribution in [2.24, 2.45) is 0 Å². The fourth-order valence-corrected chi connectivity index (χ4v) is 3.30. The number of hydrogen-bond donors (Lipinski definition) is 4. The zero-order chi connectivity index (χ0) is 21.9. The van der Waals surface area contributed by atoms with Crippen molar-refractivity contribution in [3.8, 4) is 11.5 Å². The lowest BCUT2D eigenvalue weighted by molar-refractivity contribution is -0.194. The Morgan fingerprint density at radius 2 is 1.80 bits per heavy atom. The van der Waals surface area contributed by atoms with Gasteiger partial charge in [0.25, 0.3) is 0 Å². The standard InChI is InChI=1S/C21H22ClNO7/c1-12(23-11-16(24)14-3-2-4-15(22)10-14)5-6-13-7-8-17-18(9-13)30-21(29-17,19(25)26)20(27)28/h2-4,7-10,12,16,23-24H,5-6,11H2,1H3,(H,25,26)(H,27,28)/t12-,16+/m1/s1. The Bertz CT molecular complexity index is 935. The quantitative estimate of drug-likeness (QED) is 0.443. The second-order valence-corrected chi connectivity index (χ2v) is 7.57. The van der Waals surface area contributed by atoms with Crippen LogP contribution in [0.3, 0.4) is 0 Å². The number of aryl methyl sites for hydroxylation is 1. The molecule has 0 radical (unpaired) electrons. The van der Waals surface area contributed by atoms with Gasteiger partial charge >= 0.3 is 17.7 Å². The van der Waals surface area contributed by atoms with E-state index in [0.29, 0.717) is 18.0 Å². The van der Waals surface area contributed by atoms with E-state index in [1.807, 2.05) is 13.0 Å². The molecule has 1 aliphatic rings. The molecule has 0 spiro atoms. The molecule has 9 heteroatoms. The molecule has 2 aromatic rings. The van der Waals surface area contributed by atoms with Gasteiger partial charge in [0, 0.05) is 17.6 Å². The average Bonchev–Trinajstić information content (AvgIpc) is 3.11. The van der Waals surface area contributed by atoms with Gasteiger partial charge < -0.3 is 30.1 Å². The van der Waals surface area contributed by atoms with E-state index in [1.54, 1.807) is 30.3 Å². The van der Waals surface area contributed by atoms with Crippen molar-refractivity contribution < 1.29 is 34.4 Å². The molecule has 2 atom stereocenters. The van der Waals surface area contributed by atoms with Gasteiger partial charge in [0.15, 0.2) is 11.5 Å². The molecule has 0 saturated heterocycles. The van der Waals surface area contributed by atoms with E-state index >= 15 is 0 Å². The molecule has 4 N–H and O–H groups in total. The Kier molecular flexibility index (Phi) is 6.50. The smallest absolute Gasteiger partial charge is 0.453 e. The van der Waals surface area contributed by atoms with Crippen molar-refractivity contribution in [2.45, 2.75) is 37.7 Å². The first-order chi connectivity index (χ1) is 14.2. The first-order valence-corrected chi connectivity index (χ1v) is 9.73. The predicted octanol–water partition coefficient (Wildman–Crippen LogP) is 2.62. The molecule has 0 aliphatic carbocycles. The number of halogens is 1. The van der Waals surface area contributed by atoms with Gasteiger partial charge in [-0.25, -0.2) is 9.59 Å². The number of fused-ring (bicyclic) bond motifs is 1. The molecule has 1 aliphatic heterocycles.